The quantitative estimate of drug-likeness (QED) is 0.843. The summed E-state index contributed by atoms with van der Waals surface area (Å²) in [6.07, 6.45) is 1.03. The van der Waals surface area contributed by atoms with Crippen LogP contribution in [0, 0.1) is 0 Å². The summed E-state index contributed by atoms with van der Waals surface area (Å²) in [6, 6.07) is 3.96. The van der Waals surface area contributed by atoms with Gasteiger partial charge in [0.15, 0.2) is 0 Å². The Hall–Kier alpha value is -1.13. The highest BCUT2D eigenvalue weighted by Gasteiger charge is 2.26. The third-order valence-electron chi connectivity index (χ3n) is 2.84. The van der Waals surface area contributed by atoms with Crippen molar-refractivity contribution in [3.8, 4) is 5.88 Å². The summed E-state index contributed by atoms with van der Waals surface area (Å²) in [5.41, 5.74) is 1.93. The number of ether oxygens (including phenoxy) is 2. The zero-order valence-corrected chi connectivity index (χ0v) is 9.64. The molecule has 1 fully saturated rings. The summed E-state index contributed by atoms with van der Waals surface area (Å²) in [5, 5.41) is 9.40. The van der Waals surface area contributed by atoms with Crippen LogP contribution in [0.15, 0.2) is 12.1 Å². The second-order valence-corrected chi connectivity index (χ2v) is 3.97. The third kappa shape index (κ3) is 2.18. The minimum Gasteiger partial charge on any atom is -0.481 e. The van der Waals surface area contributed by atoms with Crippen molar-refractivity contribution in [3.63, 3.8) is 0 Å². The Morgan fingerprint density at radius 1 is 1.56 bits per heavy atom. The average Bonchev–Trinajstić information content (AvgIpc) is 2.75. The molecule has 2 heterocycles. The fourth-order valence-electron chi connectivity index (χ4n) is 1.93. The molecule has 0 aliphatic carbocycles. The van der Waals surface area contributed by atoms with Crippen molar-refractivity contribution < 1.29 is 14.6 Å². The summed E-state index contributed by atoms with van der Waals surface area (Å²) in [7, 11) is 1.62. The monoisotopic (exact) mass is 223 g/mol. The number of methoxy groups -OCH3 is 1. The number of nitrogens with zero attached hydrogens (tertiary/aromatic N) is 1. The van der Waals surface area contributed by atoms with Gasteiger partial charge in [0, 0.05) is 12.0 Å². The van der Waals surface area contributed by atoms with E-state index in [4.69, 9.17) is 9.47 Å². The number of rotatable bonds is 3. The molecule has 1 saturated heterocycles. The lowest BCUT2D eigenvalue weighted by Crippen LogP contribution is -2.04. The van der Waals surface area contributed by atoms with Gasteiger partial charge in [-0.15, -0.1) is 0 Å². The number of pyridine rings is 1. The number of hydrogen-bond acceptors (Lipinski definition) is 4. The van der Waals surface area contributed by atoms with Crippen molar-refractivity contribution in [2.75, 3.05) is 13.7 Å². The molecule has 0 bridgehead atoms. The molecule has 1 N–H and O–H groups in total. The van der Waals surface area contributed by atoms with Crippen LogP contribution in [-0.4, -0.2) is 29.9 Å². The van der Waals surface area contributed by atoms with Crippen LogP contribution in [-0.2, 0) is 11.2 Å². The number of aliphatic hydroxyl groups excluding tert-OH is 1. The fraction of sp³-hybridized carbons (Fsp3) is 0.583. The molecule has 1 aliphatic rings. The van der Waals surface area contributed by atoms with E-state index in [0.717, 1.165) is 17.7 Å². The van der Waals surface area contributed by atoms with Crippen molar-refractivity contribution in [2.24, 2.45) is 0 Å². The molecule has 0 aromatic carbocycles. The minimum atomic E-state index is -0.372. The van der Waals surface area contributed by atoms with Gasteiger partial charge in [0.05, 0.1) is 25.5 Å². The van der Waals surface area contributed by atoms with Gasteiger partial charge in [-0.05, 0) is 12.5 Å². The molecule has 2 unspecified atom stereocenters. The Labute approximate surface area is 95.2 Å². The highest BCUT2D eigenvalue weighted by molar-refractivity contribution is 5.29. The van der Waals surface area contributed by atoms with Crippen LogP contribution in [0.25, 0.3) is 0 Å². The first-order valence-corrected chi connectivity index (χ1v) is 5.58. The summed E-state index contributed by atoms with van der Waals surface area (Å²) in [5.74, 6) is 0.657. The van der Waals surface area contributed by atoms with Crippen molar-refractivity contribution in [3.05, 3.63) is 23.4 Å². The minimum absolute atomic E-state index is 0.102. The molecule has 1 aliphatic heterocycles. The van der Waals surface area contributed by atoms with Gasteiger partial charge < -0.3 is 14.6 Å². The van der Waals surface area contributed by atoms with Crippen molar-refractivity contribution in [1.29, 1.82) is 0 Å². The maximum Gasteiger partial charge on any atom is 0.216 e. The van der Waals surface area contributed by atoms with Gasteiger partial charge in [0.25, 0.3) is 0 Å². The third-order valence-corrected chi connectivity index (χ3v) is 2.84. The lowest BCUT2D eigenvalue weighted by molar-refractivity contribution is 0.0865. The molecule has 4 heteroatoms. The van der Waals surface area contributed by atoms with E-state index in [1.807, 2.05) is 12.1 Å². The van der Waals surface area contributed by atoms with Crippen LogP contribution in [0.5, 0.6) is 5.88 Å². The molecule has 1 aromatic rings. The molecule has 4 nitrogen and oxygen atoms in total. The van der Waals surface area contributed by atoms with Gasteiger partial charge in [0.2, 0.25) is 5.88 Å². The van der Waals surface area contributed by atoms with Gasteiger partial charge in [-0.1, -0.05) is 13.0 Å². The number of aryl methyl sites for hydroxylation is 1. The van der Waals surface area contributed by atoms with E-state index in [1.54, 1.807) is 7.11 Å². The smallest absolute Gasteiger partial charge is 0.216 e. The van der Waals surface area contributed by atoms with Gasteiger partial charge in [-0.25, -0.2) is 4.98 Å². The van der Waals surface area contributed by atoms with Crippen molar-refractivity contribution >= 4 is 0 Å². The number of aromatic nitrogens is 1. The van der Waals surface area contributed by atoms with E-state index in [-0.39, 0.29) is 12.2 Å². The van der Waals surface area contributed by atoms with Crippen molar-refractivity contribution in [1.82, 2.24) is 4.98 Å². The lowest BCUT2D eigenvalue weighted by atomic mass is 10.1. The fourth-order valence-corrected chi connectivity index (χ4v) is 1.93. The predicted molar refractivity (Wildman–Crippen MR) is 59.5 cm³/mol. The average molecular weight is 223 g/mol. The predicted octanol–water partition coefficient (Wildman–Crippen LogP) is 1.47. The molecule has 88 valence electrons. The summed E-state index contributed by atoms with van der Waals surface area (Å²) in [6.45, 7) is 2.46. The summed E-state index contributed by atoms with van der Waals surface area (Å²) < 4.78 is 10.7. The maximum absolute atomic E-state index is 9.40. The standard InChI is InChI=1S/C12H17NO3/c1-3-8-4-5-10(13-12(8)15-2)11-6-9(14)7-16-11/h4-5,9,11,14H,3,6-7H2,1-2H3. The highest BCUT2D eigenvalue weighted by Crippen LogP contribution is 2.29. The zero-order valence-electron chi connectivity index (χ0n) is 9.64. The molecule has 0 spiro atoms. The van der Waals surface area contributed by atoms with Crippen LogP contribution in [0.1, 0.15) is 30.7 Å². The van der Waals surface area contributed by atoms with Gasteiger partial charge in [0.1, 0.15) is 6.10 Å². The van der Waals surface area contributed by atoms with Crippen LogP contribution in [0.4, 0.5) is 0 Å². The van der Waals surface area contributed by atoms with Crippen LogP contribution in [0.2, 0.25) is 0 Å². The van der Waals surface area contributed by atoms with E-state index < -0.39 is 0 Å². The van der Waals surface area contributed by atoms with E-state index in [1.165, 1.54) is 0 Å². The maximum atomic E-state index is 9.40. The first-order valence-electron chi connectivity index (χ1n) is 5.58. The van der Waals surface area contributed by atoms with Crippen LogP contribution >= 0.6 is 0 Å². The van der Waals surface area contributed by atoms with Gasteiger partial charge >= 0.3 is 0 Å². The summed E-state index contributed by atoms with van der Waals surface area (Å²) in [4.78, 5) is 4.42. The first kappa shape index (κ1) is 11.4. The Morgan fingerprint density at radius 3 is 2.94 bits per heavy atom. The van der Waals surface area contributed by atoms with Gasteiger partial charge in [-0.3, -0.25) is 0 Å². The first-order chi connectivity index (χ1) is 7.74. The highest BCUT2D eigenvalue weighted by atomic mass is 16.5. The van der Waals surface area contributed by atoms with Gasteiger partial charge in [-0.2, -0.15) is 0 Å². The second-order valence-electron chi connectivity index (χ2n) is 3.97. The topological polar surface area (TPSA) is 51.6 Å². The Balaban J connectivity index is 2.22. The van der Waals surface area contributed by atoms with Crippen molar-refractivity contribution in [2.45, 2.75) is 32.0 Å². The molecule has 0 radical (unpaired) electrons. The Kier molecular flexibility index (Phi) is 3.41. The molecule has 1 aromatic heterocycles. The molecule has 0 amide bonds. The largest absolute Gasteiger partial charge is 0.481 e. The lowest BCUT2D eigenvalue weighted by Gasteiger charge is -2.12. The van der Waals surface area contributed by atoms with Crippen LogP contribution in [0.3, 0.4) is 0 Å². The molecular weight excluding hydrogens is 206 g/mol. The van der Waals surface area contributed by atoms with E-state index in [2.05, 4.69) is 11.9 Å². The Bertz CT molecular complexity index is 367. The Morgan fingerprint density at radius 2 is 2.38 bits per heavy atom. The second kappa shape index (κ2) is 4.80. The normalized spacial score (nSPS) is 24.7. The zero-order chi connectivity index (χ0) is 11.5. The molecule has 2 atom stereocenters. The molecular formula is C12H17NO3. The summed E-state index contributed by atoms with van der Waals surface area (Å²) >= 11 is 0. The van der Waals surface area contributed by atoms with E-state index in [9.17, 15) is 5.11 Å². The molecule has 16 heavy (non-hydrogen) atoms. The number of hydrogen-bond donors (Lipinski definition) is 1. The SMILES string of the molecule is CCc1ccc(C2CC(O)CO2)nc1OC. The molecule has 0 saturated carbocycles. The van der Waals surface area contributed by atoms with E-state index >= 15 is 0 Å². The van der Waals surface area contributed by atoms with Crippen LogP contribution < -0.4 is 4.74 Å². The molecule has 2 rings (SSSR count). The number of aliphatic hydroxyl groups is 1. The van der Waals surface area contributed by atoms with E-state index in [0.29, 0.717) is 18.9 Å².